The fraction of sp³-hybridized carbons (Fsp3) is 0.526. The number of nitrogens with one attached hydrogen (secondary N) is 1. The predicted molar refractivity (Wildman–Crippen MR) is 112 cm³/mol. The summed E-state index contributed by atoms with van der Waals surface area (Å²) in [6, 6.07) is 10.1. The van der Waals surface area contributed by atoms with Crippen molar-refractivity contribution in [2.75, 3.05) is 20.1 Å². The minimum absolute atomic E-state index is 0. The largest absolute Gasteiger partial charge is 0.459 e. The quantitative estimate of drug-likeness (QED) is 0.408. The van der Waals surface area contributed by atoms with E-state index in [9.17, 15) is 5.11 Å². The van der Waals surface area contributed by atoms with Gasteiger partial charge in [0, 0.05) is 19.0 Å². The number of para-hydroxylation sites is 1. The molecule has 2 N–H and O–H groups in total. The Balaban J connectivity index is 0.00000225. The van der Waals surface area contributed by atoms with Crippen molar-refractivity contribution in [1.29, 1.82) is 0 Å². The number of furan rings is 1. The lowest BCUT2D eigenvalue weighted by molar-refractivity contribution is 0.0572. The standard InChI is InChI=1S/C19H27N3O2.HI/c1-3-20-18(21-14-19(23)10-6-7-11-19)22(2)13-16-12-15-8-4-5-9-17(15)24-16;/h4-5,8-9,12,23H,3,6-7,10-11,13-14H2,1-2H3,(H,20,21);1H. The molecule has 1 heterocycles. The van der Waals surface area contributed by atoms with Crippen LogP contribution in [0.4, 0.5) is 0 Å². The van der Waals surface area contributed by atoms with Crippen LogP contribution >= 0.6 is 24.0 Å². The third kappa shape index (κ3) is 5.10. The summed E-state index contributed by atoms with van der Waals surface area (Å²) in [6.07, 6.45) is 3.89. The van der Waals surface area contributed by atoms with Crippen molar-refractivity contribution in [1.82, 2.24) is 10.2 Å². The van der Waals surface area contributed by atoms with Crippen molar-refractivity contribution in [3.63, 3.8) is 0 Å². The number of guanidine groups is 1. The van der Waals surface area contributed by atoms with E-state index in [2.05, 4.69) is 29.4 Å². The summed E-state index contributed by atoms with van der Waals surface area (Å²) >= 11 is 0. The lowest BCUT2D eigenvalue weighted by Crippen LogP contribution is -2.40. The van der Waals surface area contributed by atoms with Gasteiger partial charge in [0.1, 0.15) is 11.3 Å². The molecule has 0 radical (unpaired) electrons. The fourth-order valence-electron chi connectivity index (χ4n) is 3.31. The fourth-order valence-corrected chi connectivity index (χ4v) is 3.31. The van der Waals surface area contributed by atoms with Gasteiger partial charge in [-0.1, -0.05) is 31.0 Å². The van der Waals surface area contributed by atoms with Crippen LogP contribution in [-0.2, 0) is 6.54 Å². The van der Waals surface area contributed by atoms with E-state index in [0.717, 1.165) is 54.9 Å². The van der Waals surface area contributed by atoms with Crippen molar-refractivity contribution in [3.8, 4) is 0 Å². The third-order valence-electron chi connectivity index (χ3n) is 4.62. The van der Waals surface area contributed by atoms with Crippen molar-refractivity contribution >= 4 is 40.9 Å². The second-order valence-corrected chi connectivity index (χ2v) is 6.71. The Morgan fingerprint density at radius 3 is 2.72 bits per heavy atom. The molecule has 5 nitrogen and oxygen atoms in total. The molecule has 1 aromatic carbocycles. The smallest absolute Gasteiger partial charge is 0.194 e. The van der Waals surface area contributed by atoms with E-state index in [0.29, 0.717) is 13.1 Å². The molecule has 1 saturated carbocycles. The van der Waals surface area contributed by atoms with Gasteiger partial charge in [-0.2, -0.15) is 0 Å². The molecule has 0 unspecified atom stereocenters. The Morgan fingerprint density at radius 1 is 1.32 bits per heavy atom. The molecule has 0 saturated heterocycles. The van der Waals surface area contributed by atoms with E-state index in [4.69, 9.17) is 4.42 Å². The van der Waals surface area contributed by atoms with E-state index in [1.165, 1.54) is 0 Å². The van der Waals surface area contributed by atoms with Gasteiger partial charge in [0.25, 0.3) is 0 Å². The Morgan fingerprint density at radius 2 is 2.04 bits per heavy atom. The average Bonchev–Trinajstić information content (AvgIpc) is 3.17. The maximum atomic E-state index is 10.5. The molecule has 2 aromatic rings. The van der Waals surface area contributed by atoms with Crippen LogP contribution < -0.4 is 5.32 Å². The molecule has 1 aliphatic rings. The molecule has 1 fully saturated rings. The topological polar surface area (TPSA) is 61.0 Å². The molecule has 1 aliphatic carbocycles. The Kier molecular flexibility index (Phi) is 7.13. The summed E-state index contributed by atoms with van der Waals surface area (Å²) < 4.78 is 5.89. The molecular formula is C19H28IN3O2. The number of aliphatic imine (C=N–C) groups is 1. The second-order valence-electron chi connectivity index (χ2n) is 6.71. The zero-order chi connectivity index (χ0) is 17.0. The van der Waals surface area contributed by atoms with Gasteiger partial charge in [-0.25, -0.2) is 0 Å². The first-order valence-electron chi connectivity index (χ1n) is 8.79. The molecule has 0 bridgehead atoms. The van der Waals surface area contributed by atoms with Crippen molar-refractivity contribution in [2.45, 2.75) is 44.8 Å². The van der Waals surface area contributed by atoms with Crippen LogP contribution in [0.5, 0.6) is 0 Å². The molecule has 25 heavy (non-hydrogen) atoms. The lowest BCUT2D eigenvalue weighted by Gasteiger charge is -2.24. The van der Waals surface area contributed by atoms with E-state index in [-0.39, 0.29) is 24.0 Å². The molecule has 1 aromatic heterocycles. The minimum atomic E-state index is -0.624. The summed E-state index contributed by atoms with van der Waals surface area (Å²) in [4.78, 5) is 6.70. The summed E-state index contributed by atoms with van der Waals surface area (Å²) in [6.45, 7) is 3.94. The number of rotatable bonds is 5. The third-order valence-corrected chi connectivity index (χ3v) is 4.62. The first kappa shape index (κ1) is 20.0. The first-order valence-corrected chi connectivity index (χ1v) is 8.79. The highest BCUT2D eigenvalue weighted by atomic mass is 127. The van der Waals surface area contributed by atoms with Crippen molar-refractivity contribution in [3.05, 3.63) is 36.1 Å². The summed E-state index contributed by atoms with van der Waals surface area (Å²) in [5.41, 5.74) is 0.282. The number of hydrogen-bond donors (Lipinski definition) is 2. The maximum absolute atomic E-state index is 10.5. The highest BCUT2D eigenvalue weighted by Gasteiger charge is 2.31. The maximum Gasteiger partial charge on any atom is 0.194 e. The molecular weight excluding hydrogens is 429 g/mol. The molecule has 0 spiro atoms. The van der Waals surface area contributed by atoms with Crippen LogP contribution in [0.25, 0.3) is 11.0 Å². The number of hydrogen-bond acceptors (Lipinski definition) is 3. The van der Waals surface area contributed by atoms with Crippen LogP contribution in [0.2, 0.25) is 0 Å². The minimum Gasteiger partial charge on any atom is -0.459 e. The van der Waals surface area contributed by atoms with Crippen LogP contribution in [0.15, 0.2) is 39.7 Å². The molecule has 3 rings (SSSR count). The zero-order valence-corrected chi connectivity index (χ0v) is 17.3. The monoisotopic (exact) mass is 457 g/mol. The summed E-state index contributed by atoms with van der Waals surface area (Å²) in [5, 5.41) is 14.9. The highest BCUT2D eigenvalue weighted by molar-refractivity contribution is 14.0. The Labute approximate surface area is 166 Å². The van der Waals surface area contributed by atoms with E-state index < -0.39 is 5.60 Å². The molecule has 6 heteroatoms. The van der Waals surface area contributed by atoms with Crippen molar-refractivity contribution < 1.29 is 9.52 Å². The van der Waals surface area contributed by atoms with Crippen molar-refractivity contribution in [2.24, 2.45) is 4.99 Å². The second kappa shape index (κ2) is 8.89. The van der Waals surface area contributed by atoms with Gasteiger partial charge in [-0.15, -0.1) is 24.0 Å². The van der Waals surface area contributed by atoms with Crippen LogP contribution in [0.1, 0.15) is 38.4 Å². The molecule has 0 aliphatic heterocycles. The SMILES string of the molecule is CCNC(=NCC1(O)CCCC1)N(C)Cc1cc2ccccc2o1.I. The lowest BCUT2D eigenvalue weighted by atomic mass is 10.0. The van der Waals surface area contributed by atoms with Gasteiger partial charge in [-0.3, -0.25) is 4.99 Å². The molecule has 0 amide bonds. The number of aliphatic hydroxyl groups is 1. The summed E-state index contributed by atoms with van der Waals surface area (Å²) in [5.74, 6) is 1.71. The van der Waals surface area contributed by atoms with E-state index >= 15 is 0 Å². The number of nitrogens with zero attached hydrogens (tertiary/aromatic N) is 2. The molecule has 138 valence electrons. The van der Waals surface area contributed by atoms with Crippen LogP contribution in [0, 0.1) is 0 Å². The van der Waals surface area contributed by atoms with E-state index in [1.54, 1.807) is 0 Å². The Hall–Kier alpha value is -1.28. The Bertz CT molecular complexity index is 675. The first-order chi connectivity index (χ1) is 11.6. The normalized spacial score (nSPS) is 16.7. The van der Waals surface area contributed by atoms with Gasteiger partial charge in [0.2, 0.25) is 0 Å². The van der Waals surface area contributed by atoms with E-state index in [1.807, 2.05) is 30.1 Å². The number of benzene rings is 1. The van der Waals surface area contributed by atoms with Gasteiger partial charge in [0.05, 0.1) is 18.7 Å². The van der Waals surface area contributed by atoms with Gasteiger partial charge in [-0.05, 0) is 31.9 Å². The average molecular weight is 457 g/mol. The molecule has 0 atom stereocenters. The van der Waals surface area contributed by atoms with Crippen LogP contribution in [-0.4, -0.2) is 41.7 Å². The number of fused-ring (bicyclic) bond motifs is 1. The van der Waals surface area contributed by atoms with Crippen LogP contribution in [0.3, 0.4) is 0 Å². The van der Waals surface area contributed by atoms with Gasteiger partial charge >= 0.3 is 0 Å². The zero-order valence-electron chi connectivity index (χ0n) is 15.0. The van der Waals surface area contributed by atoms with Gasteiger partial charge in [0.15, 0.2) is 5.96 Å². The number of halogens is 1. The predicted octanol–water partition coefficient (Wildman–Crippen LogP) is 3.75. The highest BCUT2D eigenvalue weighted by Crippen LogP contribution is 2.29. The van der Waals surface area contributed by atoms with Gasteiger partial charge < -0.3 is 19.7 Å². The summed E-state index contributed by atoms with van der Waals surface area (Å²) in [7, 11) is 1.99.